The van der Waals surface area contributed by atoms with Gasteiger partial charge in [-0.05, 0) is 30.5 Å². The van der Waals surface area contributed by atoms with Crippen LogP contribution in [0.3, 0.4) is 0 Å². The Morgan fingerprint density at radius 2 is 1.82 bits per heavy atom. The molecule has 124 valence electrons. The summed E-state index contributed by atoms with van der Waals surface area (Å²) in [5.74, 6) is -0.839. The number of nitrogens with two attached hydrogens (primary N) is 1. The SMILES string of the molecule is CCCCCCCCOC(=O)[C@@H](N)Cc1ccc(O)c(O)c1. The number of ether oxygens (including phenoxy) is 1. The van der Waals surface area contributed by atoms with Crippen molar-refractivity contribution in [2.75, 3.05) is 6.61 Å². The number of unbranched alkanes of at least 4 members (excludes halogenated alkanes) is 5. The van der Waals surface area contributed by atoms with Crippen LogP contribution in [0.1, 0.15) is 51.0 Å². The van der Waals surface area contributed by atoms with Gasteiger partial charge in [-0.3, -0.25) is 4.79 Å². The molecule has 0 fully saturated rings. The summed E-state index contributed by atoms with van der Waals surface area (Å²) in [7, 11) is 0. The van der Waals surface area contributed by atoms with Gasteiger partial charge < -0.3 is 20.7 Å². The lowest BCUT2D eigenvalue weighted by Gasteiger charge is -2.12. The summed E-state index contributed by atoms with van der Waals surface area (Å²) in [5.41, 5.74) is 6.48. The molecule has 0 aliphatic rings. The summed E-state index contributed by atoms with van der Waals surface area (Å²) >= 11 is 0. The van der Waals surface area contributed by atoms with Crippen molar-refractivity contribution in [1.29, 1.82) is 0 Å². The molecule has 0 unspecified atom stereocenters. The Bertz CT molecular complexity index is 462. The molecule has 0 aliphatic heterocycles. The van der Waals surface area contributed by atoms with Gasteiger partial charge in [-0.15, -0.1) is 0 Å². The first kappa shape index (κ1) is 18.3. The fourth-order valence-electron chi connectivity index (χ4n) is 2.20. The average molecular weight is 309 g/mol. The number of benzene rings is 1. The normalized spacial score (nSPS) is 12.1. The predicted octanol–water partition coefficient (Wildman–Crippen LogP) is 2.87. The third-order valence-corrected chi connectivity index (χ3v) is 3.54. The molecule has 0 heterocycles. The molecule has 0 aromatic heterocycles. The summed E-state index contributed by atoms with van der Waals surface area (Å²) in [6.07, 6.45) is 7.07. The summed E-state index contributed by atoms with van der Waals surface area (Å²) in [6.45, 7) is 2.58. The van der Waals surface area contributed by atoms with Gasteiger partial charge in [0, 0.05) is 0 Å². The maximum atomic E-state index is 11.8. The van der Waals surface area contributed by atoms with E-state index in [1.807, 2.05) is 0 Å². The number of phenolic OH excluding ortho intramolecular Hbond substituents is 2. The quantitative estimate of drug-likeness (QED) is 0.351. The number of carbonyl (C=O) groups is 1. The third kappa shape index (κ3) is 6.80. The standard InChI is InChI=1S/C17H27NO4/c1-2-3-4-5-6-7-10-22-17(21)14(18)11-13-8-9-15(19)16(20)12-13/h8-9,12,14,19-20H,2-7,10-11,18H2,1H3/t14-/m0/s1. The number of carbonyl (C=O) groups excluding carboxylic acids is 1. The van der Waals surface area contributed by atoms with Gasteiger partial charge >= 0.3 is 5.97 Å². The Morgan fingerprint density at radius 1 is 1.14 bits per heavy atom. The van der Waals surface area contributed by atoms with Gasteiger partial charge in [0.15, 0.2) is 11.5 Å². The summed E-state index contributed by atoms with van der Waals surface area (Å²) in [6, 6.07) is 3.63. The second-order valence-electron chi connectivity index (χ2n) is 5.57. The van der Waals surface area contributed by atoms with Crippen LogP contribution in [-0.4, -0.2) is 28.8 Å². The van der Waals surface area contributed by atoms with Crippen LogP contribution in [0.25, 0.3) is 0 Å². The molecule has 0 spiro atoms. The molecule has 0 bridgehead atoms. The fourth-order valence-corrected chi connectivity index (χ4v) is 2.20. The molecule has 1 rings (SSSR count). The lowest BCUT2D eigenvalue weighted by atomic mass is 10.1. The minimum Gasteiger partial charge on any atom is -0.504 e. The van der Waals surface area contributed by atoms with E-state index in [9.17, 15) is 15.0 Å². The predicted molar refractivity (Wildman–Crippen MR) is 85.8 cm³/mol. The highest BCUT2D eigenvalue weighted by Gasteiger charge is 2.16. The number of hydrogen-bond acceptors (Lipinski definition) is 5. The first-order valence-electron chi connectivity index (χ1n) is 7.97. The smallest absolute Gasteiger partial charge is 0.323 e. The molecule has 4 N–H and O–H groups in total. The Balaban J connectivity index is 2.23. The van der Waals surface area contributed by atoms with Crippen LogP contribution < -0.4 is 5.73 Å². The molecule has 0 aliphatic carbocycles. The highest BCUT2D eigenvalue weighted by molar-refractivity contribution is 5.75. The van der Waals surface area contributed by atoms with Crippen LogP contribution in [0, 0.1) is 0 Å². The molecule has 5 heteroatoms. The number of phenols is 2. The molecule has 22 heavy (non-hydrogen) atoms. The van der Waals surface area contributed by atoms with Crippen LogP contribution in [0.4, 0.5) is 0 Å². The maximum Gasteiger partial charge on any atom is 0.323 e. The lowest BCUT2D eigenvalue weighted by molar-refractivity contribution is -0.145. The third-order valence-electron chi connectivity index (χ3n) is 3.54. The zero-order valence-corrected chi connectivity index (χ0v) is 13.3. The largest absolute Gasteiger partial charge is 0.504 e. The highest BCUT2D eigenvalue weighted by atomic mass is 16.5. The number of esters is 1. The molecule has 0 radical (unpaired) electrons. The second-order valence-corrected chi connectivity index (χ2v) is 5.57. The molecule has 1 aromatic carbocycles. The minimum atomic E-state index is -0.760. The van der Waals surface area contributed by atoms with Crippen molar-refractivity contribution in [2.45, 2.75) is 57.9 Å². The van der Waals surface area contributed by atoms with Crippen molar-refractivity contribution >= 4 is 5.97 Å². The van der Waals surface area contributed by atoms with E-state index >= 15 is 0 Å². The second kappa shape index (κ2) is 10.1. The van der Waals surface area contributed by atoms with E-state index in [1.165, 1.54) is 37.8 Å². The molecule has 0 saturated heterocycles. The Morgan fingerprint density at radius 3 is 2.50 bits per heavy atom. The Hall–Kier alpha value is -1.75. The Kier molecular flexibility index (Phi) is 8.36. The number of rotatable bonds is 10. The van der Waals surface area contributed by atoms with Crippen LogP contribution >= 0.6 is 0 Å². The van der Waals surface area contributed by atoms with E-state index in [1.54, 1.807) is 6.07 Å². The minimum absolute atomic E-state index is 0.192. The topological polar surface area (TPSA) is 92.8 Å². The van der Waals surface area contributed by atoms with E-state index < -0.39 is 12.0 Å². The van der Waals surface area contributed by atoms with E-state index in [-0.39, 0.29) is 17.9 Å². The van der Waals surface area contributed by atoms with Crippen LogP contribution in [-0.2, 0) is 16.0 Å². The van der Waals surface area contributed by atoms with Gasteiger partial charge in [0.2, 0.25) is 0 Å². The molecule has 1 aromatic rings. The monoisotopic (exact) mass is 309 g/mol. The molecule has 5 nitrogen and oxygen atoms in total. The van der Waals surface area contributed by atoms with Crippen molar-refractivity contribution in [3.05, 3.63) is 23.8 Å². The zero-order chi connectivity index (χ0) is 16.4. The summed E-state index contributed by atoms with van der Waals surface area (Å²) < 4.78 is 5.16. The summed E-state index contributed by atoms with van der Waals surface area (Å²) in [5, 5.41) is 18.6. The molecular weight excluding hydrogens is 282 g/mol. The van der Waals surface area contributed by atoms with Crippen molar-refractivity contribution in [1.82, 2.24) is 0 Å². The van der Waals surface area contributed by atoms with Crippen LogP contribution in [0.15, 0.2) is 18.2 Å². The first-order valence-corrected chi connectivity index (χ1v) is 7.97. The molecular formula is C17H27NO4. The Labute approximate surface area is 132 Å². The average Bonchev–Trinajstić information content (AvgIpc) is 2.49. The van der Waals surface area contributed by atoms with Gasteiger partial charge in [-0.2, -0.15) is 0 Å². The van der Waals surface area contributed by atoms with Gasteiger partial charge in [0.1, 0.15) is 6.04 Å². The van der Waals surface area contributed by atoms with Crippen molar-refractivity contribution in [2.24, 2.45) is 5.73 Å². The fraction of sp³-hybridized carbons (Fsp3) is 0.588. The maximum absolute atomic E-state index is 11.8. The van der Waals surface area contributed by atoms with Gasteiger partial charge in [-0.1, -0.05) is 45.1 Å². The van der Waals surface area contributed by atoms with E-state index in [2.05, 4.69) is 6.92 Å². The van der Waals surface area contributed by atoms with Crippen molar-refractivity contribution in [3.63, 3.8) is 0 Å². The first-order chi connectivity index (χ1) is 10.5. The summed E-state index contributed by atoms with van der Waals surface area (Å²) in [4.78, 5) is 11.8. The number of hydrogen-bond donors (Lipinski definition) is 3. The van der Waals surface area contributed by atoms with E-state index in [0.29, 0.717) is 12.2 Å². The highest BCUT2D eigenvalue weighted by Crippen LogP contribution is 2.25. The van der Waals surface area contributed by atoms with Crippen LogP contribution in [0.5, 0.6) is 11.5 Å². The van der Waals surface area contributed by atoms with Crippen molar-refractivity contribution in [3.8, 4) is 11.5 Å². The molecule has 0 amide bonds. The molecule has 1 atom stereocenters. The van der Waals surface area contributed by atoms with Gasteiger partial charge in [0.05, 0.1) is 6.61 Å². The van der Waals surface area contributed by atoms with Gasteiger partial charge in [-0.25, -0.2) is 0 Å². The lowest BCUT2D eigenvalue weighted by Crippen LogP contribution is -2.34. The number of aromatic hydroxyl groups is 2. The van der Waals surface area contributed by atoms with Gasteiger partial charge in [0.25, 0.3) is 0 Å². The van der Waals surface area contributed by atoms with Crippen molar-refractivity contribution < 1.29 is 19.7 Å². The molecule has 0 saturated carbocycles. The van der Waals surface area contributed by atoms with E-state index in [0.717, 1.165) is 12.8 Å². The zero-order valence-electron chi connectivity index (χ0n) is 13.3. The van der Waals surface area contributed by atoms with E-state index in [4.69, 9.17) is 10.5 Å². The van der Waals surface area contributed by atoms with Crippen LogP contribution in [0.2, 0.25) is 0 Å².